The Bertz CT molecular complexity index is 72.8. The van der Waals surface area contributed by atoms with E-state index in [9.17, 15) is 4.79 Å². The standard InChI is InChI=1S/C5H11NO2/c1-5(7)3-2-4-8-6/h2-4,6H2,1H3. The first-order valence-electron chi connectivity index (χ1n) is 2.58. The SMILES string of the molecule is CC(=O)CCCON. The van der Waals surface area contributed by atoms with Crippen LogP contribution in [0.3, 0.4) is 0 Å². The molecule has 0 bridgehead atoms. The molecule has 0 rings (SSSR count). The summed E-state index contributed by atoms with van der Waals surface area (Å²) in [4.78, 5) is 14.5. The van der Waals surface area contributed by atoms with Crippen LogP contribution in [0.25, 0.3) is 0 Å². The molecule has 3 heteroatoms. The van der Waals surface area contributed by atoms with Crippen LogP contribution in [0.5, 0.6) is 0 Å². The Labute approximate surface area is 48.8 Å². The molecule has 0 saturated carbocycles. The van der Waals surface area contributed by atoms with Crippen molar-refractivity contribution in [3.8, 4) is 0 Å². The zero-order chi connectivity index (χ0) is 6.41. The zero-order valence-corrected chi connectivity index (χ0v) is 5.02. The number of ketones is 1. The maximum Gasteiger partial charge on any atom is 0.129 e. The van der Waals surface area contributed by atoms with E-state index in [1.807, 2.05) is 0 Å². The number of hydrogen-bond acceptors (Lipinski definition) is 3. The van der Waals surface area contributed by atoms with Gasteiger partial charge in [-0.25, -0.2) is 5.90 Å². The molecule has 0 aliphatic heterocycles. The molecule has 0 aliphatic carbocycles. The molecule has 0 spiro atoms. The molecule has 3 nitrogen and oxygen atoms in total. The third-order valence-electron chi connectivity index (χ3n) is 0.791. The lowest BCUT2D eigenvalue weighted by atomic mass is 10.2. The molecule has 0 unspecified atom stereocenters. The van der Waals surface area contributed by atoms with Crippen molar-refractivity contribution in [1.82, 2.24) is 0 Å². The van der Waals surface area contributed by atoms with Gasteiger partial charge in [0.15, 0.2) is 0 Å². The van der Waals surface area contributed by atoms with Gasteiger partial charge in [-0.3, -0.25) is 0 Å². The molecule has 0 aliphatic rings. The predicted octanol–water partition coefficient (Wildman–Crippen LogP) is 0.246. The second-order valence-corrected chi connectivity index (χ2v) is 1.68. The van der Waals surface area contributed by atoms with Gasteiger partial charge in [-0.05, 0) is 13.3 Å². The largest absolute Gasteiger partial charge is 0.305 e. The minimum absolute atomic E-state index is 0.182. The van der Waals surface area contributed by atoms with Gasteiger partial charge in [0.05, 0.1) is 6.61 Å². The lowest BCUT2D eigenvalue weighted by Crippen LogP contribution is -2.02. The van der Waals surface area contributed by atoms with Gasteiger partial charge in [-0.15, -0.1) is 0 Å². The van der Waals surface area contributed by atoms with Crippen LogP contribution >= 0.6 is 0 Å². The van der Waals surface area contributed by atoms with E-state index in [2.05, 4.69) is 4.84 Å². The summed E-state index contributed by atoms with van der Waals surface area (Å²) in [5.74, 6) is 4.89. The smallest absolute Gasteiger partial charge is 0.129 e. The summed E-state index contributed by atoms with van der Waals surface area (Å²) >= 11 is 0. The van der Waals surface area contributed by atoms with Crippen molar-refractivity contribution in [3.05, 3.63) is 0 Å². The van der Waals surface area contributed by atoms with Gasteiger partial charge in [-0.1, -0.05) is 0 Å². The quantitative estimate of drug-likeness (QED) is 0.424. The minimum atomic E-state index is 0.182. The van der Waals surface area contributed by atoms with E-state index in [0.29, 0.717) is 13.0 Å². The van der Waals surface area contributed by atoms with Crippen molar-refractivity contribution in [2.45, 2.75) is 19.8 Å². The molecule has 0 atom stereocenters. The van der Waals surface area contributed by atoms with Crippen LogP contribution in [-0.4, -0.2) is 12.4 Å². The predicted molar refractivity (Wildman–Crippen MR) is 30.1 cm³/mol. The molecule has 0 heterocycles. The molecular formula is C5H11NO2. The van der Waals surface area contributed by atoms with Crippen molar-refractivity contribution in [1.29, 1.82) is 0 Å². The lowest BCUT2D eigenvalue weighted by molar-refractivity contribution is -0.117. The van der Waals surface area contributed by atoms with Gasteiger partial charge >= 0.3 is 0 Å². The van der Waals surface area contributed by atoms with Crippen LogP contribution in [0.4, 0.5) is 0 Å². The summed E-state index contributed by atoms with van der Waals surface area (Å²) in [6.07, 6.45) is 1.29. The lowest BCUT2D eigenvalue weighted by Gasteiger charge is -1.92. The molecule has 0 aromatic rings. The van der Waals surface area contributed by atoms with Gasteiger partial charge in [0.2, 0.25) is 0 Å². The maximum atomic E-state index is 10.2. The first-order chi connectivity index (χ1) is 3.77. The Kier molecular flexibility index (Phi) is 4.50. The van der Waals surface area contributed by atoms with E-state index in [4.69, 9.17) is 5.90 Å². The number of hydrogen-bond donors (Lipinski definition) is 1. The van der Waals surface area contributed by atoms with Gasteiger partial charge in [-0.2, -0.15) is 0 Å². The fourth-order valence-electron chi connectivity index (χ4n) is 0.404. The molecular weight excluding hydrogens is 106 g/mol. The number of carbonyl (C=O) groups is 1. The van der Waals surface area contributed by atoms with E-state index < -0.39 is 0 Å². The highest BCUT2D eigenvalue weighted by atomic mass is 16.6. The summed E-state index contributed by atoms with van der Waals surface area (Å²) in [5, 5.41) is 0. The summed E-state index contributed by atoms with van der Waals surface area (Å²) < 4.78 is 0. The zero-order valence-electron chi connectivity index (χ0n) is 5.02. The van der Waals surface area contributed by atoms with Crippen molar-refractivity contribution in [2.75, 3.05) is 6.61 Å². The highest BCUT2D eigenvalue weighted by molar-refractivity contribution is 5.75. The number of carbonyl (C=O) groups excluding carboxylic acids is 1. The fourth-order valence-corrected chi connectivity index (χ4v) is 0.404. The second kappa shape index (κ2) is 4.74. The molecule has 2 N–H and O–H groups in total. The summed E-state index contributed by atoms with van der Waals surface area (Å²) in [7, 11) is 0. The van der Waals surface area contributed by atoms with Crippen molar-refractivity contribution < 1.29 is 9.63 Å². The van der Waals surface area contributed by atoms with E-state index in [1.54, 1.807) is 6.92 Å². The van der Waals surface area contributed by atoms with Gasteiger partial charge in [0.1, 0.15) is 5.78 Å². The van der Waals surface area contributed by atoms with E-state index in [0.717, 1.165) is 6.42 Å². The maximum absolute atomic E-state index is 10.2. The second-order valence-electron chi connectivity index (χ2n) is 1.68. The van der Waals surface area contributed by atoms with Crippen LogP contribution in [-0.2, 0) is 9.63 Å². The number of Topliss-reactive ketones (excluding diaryl/α,β-unsaturated/α-hetero) is 1. The Morgan fingerprint density at radius 1 is 1.75 bits per heavy atom. The Morgan fingerprint density at radius 3 is 2.75 bits per heavy atom. The van der Waals surface area contributed by atoms with Crippen molar-refractivity contribution in [2.24, 2.45) is 5.90 Å². The molecule has 0 aromatic heterocycles. The third kappa shape index (κ3) is 5.59. The molecule has 0 aromatic carbocycles. The topological polar surface area (TPSA) is 52.3 Å². The Balaban J connectivity index is 2.82. The van der Waals surface area contributed by atoms with E-state index in [1.165, 1.54) is 0 Å². The van der Waals surface area contributed by atoms with Crippen LogP contribution < -0.4 is 5.90 Å². The summed E-state index contributed by atoms with van der Waals surface area (Å²) in [6, 6.07) is 0. The average Bonchev–Trinajstić information content (AvgIpc) is 1.66. The first kappa shape index (κ1) is 7.59. The molecule has 0 amide bonds. The Hall–Kier alpha value is -0.410. The number of nitrogens with two attached hydrogens (primary N) is 1. The minimum Gasteiger partial charge on any atom is -0.305 e. The molecule has 48 valence electrons. The number of rotatable bonds is 4. The molecule has 8 heavy (non-hydrogen) atoms. The molecule has 0 radical (unpaired) electrons. The van der Waals surface area contributed by atoms with Gasteiger partial charge in [0, 0.05) is 6.42 Å². The van der Waals surface area contributed by atoms with E-state index in [-0.39, 0.29) is 5.78 Å². The van der Waals surface area contributed by atoms with Crippen LogP contribution in [0.15, 0.2) is 0 Å². The third-order valence-corrected chi connectivity index (χ3v) is 0.791. The highest BCUT2D eigenvalue weighted by Crippen LogP contribution is 1.87. The van der Waals surface area contributed by atoms with Crippen LogP contribution in [0.2, 0.25) is 0 Å². The van der Waals surface area contributed by atoms with Crippen LogP contribution in [0, 0.1) is 0 Å². The van der Waals surface area contributed by atoms with Crippen molar-refractivity contribution >= 4 is 5.78 Å². The molecule has 0 fully saturated rings. The fraction of sp³-hybridized carbons (Fsp3) is 0.800. The average molecular weight is 117 g/mol. The summed E-state index contributed by atoms with van der Waals surface area (Å²) in [6.45, 7) is 2.02. The monoisotopic (exact) mass is 117 g/mol. The van der Waals surface area contributed by atoms with Gasteiger partial charge in [0.25, 0.3) is 0 Å². The summed E-state index contributed by atoms with van der Waals surface area (Å²) in [5.41, 5.74) is 0. The normalized spacial score (nSPS) is 9.25. The molecule has 0 saturated heterocycles. The Morgan fingerprint density at radius 2 is 2.38 bits per heavy atom. The van der Waals surface area contributed by atoms with Crippen LogP contribution in [0.1, 0.15) is 19.8 Å². The van der Waals surface area contributed by atoms with Crippen molar-refractivity contribution in [3.63, 3.8) is 0 Å². The highest BCUT2D eigenvalue weighted by Gasteiger charge is 1.90. The first-order valence-corrected chi connectivity index (χ1v) is 2.58. The van der Waals surface area contributed by atoms with Gasteiger partial charge < -0.3 is 9.63 Å². The van der Waals surface area contributed by atoms with E-state index >= 15 is 0 Å².